The molecule has 1 aromatic heterocycles. The van der Waals surface area contributed by atoms with Gasteiger partial charge in [0.1, 0.15) is 5.82 Å². The van der Waals surface area contributed by atoms with Crippen molar-refractivity contribution in [3.05, 3.63) is 66.3 Å². The van der Waals surface area contributed by atoms with Gasteiger partial charge in [-0.15, -0.1) is 22.0 Å². The first-order chi connectivity index (χ1) is 12.1. The van der Waals surface area contributed by atoms with Crippen molar-refractivity contribution in [3.8, 4) is 11.5 Å². The van der Waals surface area contributed by atoms with Gasteiger partial charge in [-0.3, -0.25) is 4.79 Å². The molecule has 128 valence electrons. The number of hydrogen-bond acceptors (Lipinski definition) is 6. The van der Waals surface area contributed by atoms with Gasteiger partial charge in [0.2, 0.25) is 5.89 Å². The van der Waals surface area contributed by atoms with Crippen molar-refractivity contribution in [3.63, 3.8) is 0 Å². The third-order valence-corrected chi connectivity index (χ3v) is 4.32. The second-order valence-electron chi connectivity index (χ2n) is 5.16. The molecule has 5 nitrogen and oxygen atoms in total. The number of ether oxygens (including phenoxy) is 1. The summed E-state index contributed by atoms with van der Waals surface area (Å²) in [6.07, 6.45) is -0.682. The van der Waals surface area contributed by atoms with Crippen molar-refractivity contribution in [2.45, 2.75) is 17.9 Å². The standard InChI is InChI=1S/C18H15FN2O3S/c1-12(17-20-21-18(24-17)13-7-3-2-4-8-13)23-16(22)11-25-15-10-6-5-9-14(15)19/h2-10,12H,11H2,1H3/t12-/m1/s1. The Morgan fingerprint density at radius 1 is 1.16 bits per heavy atom. The second-order valence-corrected chi connectivity index (χ2v) is 6.18. The van der Waals surface area contributed by atoms with Gasteiger partial charge in [0.25, 0.3) is 5.89 Å². The second kappa shape index (κ2) is 7.94. The van der Waals surface area contributed by atoms with Crippen molar-refractivity contribution in [2.75, 3.05) is 5.75 Å². The van der Waals surface area contributed by atoms with E-state index in [0.29, 0.717) is 10.8 Å². The van der Waals surface area contributed by atoms with Crippen LogP contribution in [0.2, 0.25) is 0 Å². The fraction of sp³-hybridized carbons (Fsp3) is 0.167. The number of benzene rings is 2. The lowest BCUT2D eigenvalue weighted by Crippen LogP contribution is -2.11. The molecule has 25 heavy (non-hydrogen) atoms. The van der Waals surface area contributed by atoms with Crippen LogP contribution in [0.3, 0.4) is 0 Å². The summed E-state index contributed by atoms with van der Waals surface area (Å²) in [4.78, 5) is 12.3. The number of thioether (sulfide) groups is 1. The molecule has 3 aromatic rings. The summed E-state index contributed by atoms with van der Waals surface area (Å²) in [6, 6.07) is 15.6. The molecule has 0 aliphatic heterocycles. The van der Waals surface area contributed by atoms with E-state index < -0.39 is 12.1 Å². The third-order valence-electron chi connectivity index (χ3n) is 3.30. The highest BCUT2D eigenvalue weighted by Gasteiger charge is 2.19. The SMILES string of the molecule is C[C@@H](OC(=O)CSc1ccccc1F)c1nnc(-c2ccccc2)o1. The third kappa shape index (κ3) is 4.45. The van der Waals surface area contributed by atoms with E-state index in [1.165, 1.54) is 6.07 Å². The van der Waals surface area contributed by atoms with Gasteiger partial charge in [0, 0.05) is 10.5 Å². The molecule has 0 N–H and O–H groups in total. The Morgan fingerprint density at radius 3 is 2.64 bits per heavy atom. The van der Waals surface area contributed by atoms with Crippen LogP contribution in [0.25, 0.3) is 11.5 Å². The normalized spacial score (nSPS) is 11.9. The van der Waals surface area contributed by atoms with Gasteiger partial charge in [-0.25, -0.2) is 4.39 Å². The monoisotopic (exact) mass is 358 g/mol. The Morgan fingerprint density at radius 2 is 1.88 bits per heavy atom. The van der Waals surface area contributed by atoms with Crippen LogP contribution >= 0.6 is 11.8 Å². The lowest BCUT2D eigenvalue weighted by molar-refractivity contribution is -0.146. The maximum absolute atomic E-state index is 13.5. The molecule has 0 saturated carbocycles. The predicted molar refractivity (Wildman–Crippen MR) is 91.4 cm³/mol. The highest BCUT2D eigenvalue weighted by molar-refractivity contribution is 8.00. The highest BCUT2D eigenvalue weighted by atomic mass is 32.2. The molecule has 1 atom stereocenters. The summed E-state index contributed by atoms with van der Waals surface area (Å²) >= 11 is 1.08. The van der Waals surface area contributed by atoms with Crippen LogP contribution in [0.1, 0.15) is 18.9 Å². The molecule has 3 rings (SSSR count). The largest absolute Gasteiger partial charge is 0.452 e. The average molecular weight is 358 g/mol. The first-order valence-corrected chi connectivity index (χ1v) is 8.57. The number of carbonyl (C=O) groups is 1. The molecule has 0 amide bonds. The molecule has 0 fully saturated rings. The minimum Gasteiger partial charge on any atom is -0.452 e. The summed E-state index contributed by atoms with van der Waals surface area (Å²) < 4.78 is 24.3. The molecule has 0 aliphatic rings. The lowest BCUT2D eigenvalue weighted by atomic mass is 10.2. The number of aromatic nitrogens is 2. The summed E-state index contributed by atoms with van der Waals surface area (Å²) in [5, 5.41) is 7.87. The molecule has 2 aromatic carbocycles. The zero-order valence-corrected chi connectivity index (χ0v) is 14.2. The van der Waals surface area contributed by atoms with Gasteiger partial charge in [-0.2, -0.15) is 0 Å². The van der Waals surface area contributed by atoms with Crippen LogP contribution in [-0.2, 0) is 9.53 Å². The fourth-order valence-corrected chi connectivity index (χ4v) is 2.80. The number of hydrogen-bond donors (Lipinski definition) is 0. The number of nitrogens with zero attached hydrogens (tertiary/aromatic N) is 2. The summed E-state index contributed by atoms with van der Waals surface area (Å²) in [6.45, 7) is 1.65. The van der Waals surface area contributed by atoms with Gasteiger partial charge in [-0.05, 0) is 31.2 Å². The zero-order chi connectivity index (χ0) is 17.6. The molecule has 1 heterocycles. The Kier molecular flexibility index (Phi) is 5.45. The predicted octanol–water partition coefficient (Wildman–Crippen LogP) is 4.27. The Hall–Kier alpha value is -2.67. The first kappa shape index (κ1) is 17.2. The van der Waals surface area contributed by atoms with E-state index in [1.807, 2.05) is 30.3 Å². The molecule has 0 radical (unpaired) electrons. The molecule has 0 bridgehead atoms. The van der Waals surface area contributed by atoms with Crippen LogP contribution in [0.15, 0.2) is 63.9 Å². The van der Waals surface area contributed by atoms with E-state index in [9.17, 15) is 9.18 Å². The summed E-state index contributed by atoms with van der Waals surface area (Å²) in [5.41, 5.74) is 0.787. The van der Waals surface area contributed by atoms with Gasteiger partial charge < -0.3 is 9.15 Å². The van der Waals surface area contributed by atoms with E-state index in [1.54, 1.807) is 25.1 Å². The van der Waals surface area contributed by atoms with Crippen LogP contribution in [-0.4, -0.2) is 21.9 Å². The van der Waals surface area contributed by atoms with E-state index in [0.717, 1.165) is 17.3 Å². The molecular formula is C18H15FN2O3S. The van der Waals surface area contributed by atoms with Crippen molar-refractivity contribution >= 4 is 17.7 Å². The van der Waals surface area contributed by atoms with Crippen molar-refractivity contribution < 1.29 is 18.3 Å². The summed E-state index contributed by atoms with van der Waals surface area (Å²) in [5.74, 6) is -0.286. The van der Waals surface area contributed by atoms with Crippen LogP contribution in [0, 0.1) is 5.82 Å². The zero-order valence-electron chi connectivity index (χ0n) is 13.4. The molecule has 0 spiro atoms. The number of esters is 1. The Labute approximate surface area is 148 Å². The maximum atomic E-state index is 13.5. The van der Waals surface area contributed by atoms with E-state index in [2.05, 4.69) is 10.2 Å². The quantitative estimate of drug-likeness (QED) is 0.484. The summed E-state index contributed by atoms with van der Waals surface area (Å²) in [7, 11) is 0. The van der Waals surface area contributed by atoms with Crippen LogP contribution < -0.4 is 0 Å². The fourth-order valence-electron chi connectivity index (χ4n) is 2.08. The Bertz CT molecular complexity index is 854. The van der Waals surface area contributed by atoms with Crippen LogP contribution in [0.4, 0.5) is 4.39 Å². The van der Waals surface area contributed by atoms with Gasteiger partial charge in [0.15, 0.2) is 6.10 Å². The van der Waals surface area contributed by atoms with E-state index >= 15 is 0 Å². The smallest absolute Gasteiger partial charge is 0.317 e. The first-order valence-electron chi connectivity index (χ1n) is 7.59. The lowest BCUT2D eigenvalue weighted by Gasteiger charge is -2.09. The van der Waals surface area contributed by atoms with E-state index in [4.69, 9.17) is 9.15 Å². The van der Waals surface area contributed by atoms with Crippen molar-refractivity contribution in [2.24, 2.45) is 0 Å². The highest BCUT2D eigenvalue weighted by Crippen LogP contribution is 2.24. The van der Waals surface area contributed by atoms with Gasteiger partial charge >= 0.3 is 5.97 Å². The Balaban J connectivity index is 1.57. The minimum atomic E-state index is -0.682. The molecule has 0 aliphatic carbocycles. The molecule has 0 saturated heterocycles. The number of rotatable bonds is 6. The number of carbonyl (C=O) groups excluding carboxylic acids is 1. The van der Waals surface area contributed by atoms with Gasteiger partial charge in [0.05, 0.1) is 5.75 Å². The topological polar surface area (TPSA) is 65.2 Å². The minimum absolute atomic E-state index is 0.00898. The van der Waals surface area contributed by atoms with Crippen LogP contribution in [0.5, 0.6) is 0 Å². The molecule has 0 unspecified atom stereocenters. The van der Waals surface area contributed by atoms with E-state index in [-0.39, 0.29) is 17.5 Å². The van der Waals surface area contributed by atoms with Crippen molar-refractivity contribution in [1.82, 2.24) is 10.2 Å². The van der Waals surface area contributed by atoms with Gasteiger partial charge in [-0.1, -0.05) is 30.3 Å². The number of halogens is 1. The van der Waals surface area contributed by atoms with Crippen molar-refractivity contribution in [1.29, 1.82) is 0 Å². The molecule has 7 heteroatoms. The average Bonchev–Trinajstić information content (AvgIpc) is 3.12. The molecular weight excluding hydrogens is 343 g/mol. The maximum Gasteiger partial charge on any atom is 0.317 e.